The number of carbonyl (C=O) groups is 1. The summed E-state index contributed by atoms with van der Waals surface area (Å²) in [5.74, 6) is 0.524. The highest BCUT2D eigenvalue weighted by Gasteiger charge is 2.28. The number of nitrogens with zero attached hydrogens (tertiary/aromatic N) is 3. The lowest BCUT2D eigenvalue weighted by Gasteiger charge is -2.17. The molecule has 1 unspecified atom stereocenters. The predicted molar refractivity (Wildman–Crippen MR) is 98.7 cm³/mol. The number of fused-ring (bicyclic) bond motifs is 1. The number of amides is 1. The van der Waals surface area contributed by atoms with E-state index in [9.17, 15) is 4.79 Å². The Morgan fingerprint density at radius 1 is 1.12 bits per heavy atom. The van der Waals surface area contributed by atoms with Crippen molar-refractivity contribution in [2.45, 2.75) is 12.8 Å². The Hall–Kier alpha value is -2.46. The van der Waals surface area contributed by atoms with E-state index in [0.29, 0.717) is 17.0 Å². The monoisotopic (exact) mass is 351 g/mol. The van der Waals surface area contributed by atoms with Crippen molar-refractivity contribution >= 4 is 28.5 Å². The summed E-state index contributed by atoms with van der Waals surface area (Å²) in [5.41, 5.74) is 3.33. The van der Waals surface area contributed by atoms with Crippen LogP contribution in [0.25, 0.3) is 11.0 Å². The quantitative estimate of drug-likeness (QED) is 0.716. The normalized spacial score (nSPS) is 17.2. The number of hydrogen-bond acceptors (Lipinski definition) is 3. The zero-order valence-electron chi connectivity index (χ0n) is 13.7. The summed E-state index contributed by atoms with van der Waals surface area (Å²) < 4.78 is 0. The van der Waals surface area contributed by atoms with Crippen molar-refractivity contribution in [1.29, 1.82) is 0 Å². The molecule has 0 radical (unpaired) electrons. The molecule has 1 saturated heterocycles. The number of likely N-dealkylation sites (tertiary alicyclic amines) is 1. The van der Waals surface area contributed by atoms with Crippen LogP contribution in [0.2, 0.25) is 5.02 Å². The van der Waals surface area contributed by atoms with Gasteiger partial charge in [0.1, 0.15) is 5.52 Å². The standard InChI is InChI=1S/C20H18ClN3O/c21-16-6-4-14(5-7-16)12-15-8-11-24(13-15)20(25)17-2-1-3-18-19(17)23-10-9-22-18/h1-7,9-10,15H,8,11-13H2. The highest BCUT2D eigenvalue weighted by atomic mass is 35.5. The molecule has 4 rings (SSSR count). The van der Waals surface area contributed by atoms with Gasteiger partial charge in [-0.3, -0.25) is 14.8 Å². The number of benzene rings is 2. The molecule has 0 aliphatic carbocycles. The third-order valence-corrected chi connectivity index (χ3v) is 4.99. The molecule has 2 aromatic carbocycles. The van der Waals surface area contributed by atoms with Crippen LogP contribution in [-0.2, 0) is 6.42 Å². The van der Waals surface area contributed by atoms with Crippen molar-refractivity contribution in [1.82, 2.24) is 14.9 Å². The van der Waals surface area contributed by atoms with Crippen LogP contribution in [-0.4, -0.2) is 33.9 Å². The van der Waals surface area contributed by atoms with Crippen molar-refractivity contribution in [3.63, 3.8) is 0 Å². The molecule has 1 atom stereocenters. The van der Waals surface area contributed by atoms with E-state index in [1.807, 2.05) is 35.2 Å². The maximum Gasteiger partial charge on any atom is 0.256 e. The number of halogens is 1. The average molecular weight is 352 g/mol. The molecule has 1 aliphatic heterocycles. The van der Waals surface area contributed by atoms with Crippen molar-refractivity contribution in [2.75, 3.05) is 13.1 Å². The Morgan fingerprint density at radius 3 is 2.76 bits per heavy atom. The fourth-order valence-electron chi connectivity index (χ4n) is 3.47. The summed E-state index contributed by atoms with van der Waals surface area (Å²) in [4.78, 5) is 23.5. The van der Waals surface area contributed by atoms with Gasteiger partial charge in [-0.05, 0) is 48.6 Å². The zero-order chi connectivity index (χ0) is 17.2. The van der Waals surface area contributed by atoms with Crippen molar-refractivity contribution in [2.24, 2.45) is 5.92 Å². The lowest BCUT2D eigenvalue weighted by Crippen LogP contribution is -2.29. The highest BCUT2D eigenvalue weighted by molar-refractivity contribution is 6.30. The van der Waals surface area contributed by atoms with Gasteiger partial charge in [-0.25, -0.2) is 0 Å². The molecule has 0 N–H and O–H groups in total. The smallest absolute Gasteiger partial charge is 0.256 e. The van der Waals surface area contributed by atoms with Gasteiger partial charge in [-0.15, -0.1) is 0 Å². The minimum atomic E-state index is 0.0460. The lowest BCUT2D eigenvalue weighted by molar-refractivity contribution is 0.0789. The molecule has 2 heterocycles. The van der Waals surface area contributed by atoms with E-state index in [2.05, 4.69) is 22.1 Å². The van der Waals surface area contributed by atoms with Gasteiger partial charge in [0.15, 0.2) is 0 Å². The number of para-hydroxylation sites is 1. The van der Waals surface area contributed by atoms with Crippen molar-refractivity contribution < 1.29 is 4.79 Å². The average Bonchev–Trinajstić information content (AvgIpc) is 3.11. The fourth-order valence-corrected chi connectivity index (χ4v) is 3.60. The molecule has 1 fully saturated rings. The third kappa shape index (κ3) is 3.35. The van der Waals surface area contributed by atoms with Crippen LogP contribution in [0.3, 0.4) is 0 Å². The van der Waals surface area contributed by atoms with Crippen LogP contribution in [0, 0.1) is 5.92 Å². The molecule has 0 spiro atoms. The zero-order valence-corrected chi connectivity index (χ0v) is 14.5. The molecular formula is C20H18ClN3O. The van der Waals surface area contributed by atoms with E-state index in [1.54, 1.807) is 12.4 Å². The van der Waals surface area contributed by atoms with Crippen molar-refractivity contribution in [3.8, 4) is 0 Å². The second kappa shape index (κ2) is 6.81. The van der Waals surface area contributed by atoms with Gasteiger partial charge in [0.05, 0.1) is 11.1 Å². The first-order valence-corrected chi connectivity index (χ1v) is 8.82. The molecule has 25 heavy (non-hydrogen) atoms. The number of carbonyl (C=O) groups excluding carboxylic acids is 1. The lowest BCUT2D eigenvalue weighted by atomic mass is 9.99. The SMILES string of the molecule is O=C(c1cccc2nccnc12)N1CCC(Cc2ccc(Cl)cc2)C1. The minimum Gasteiger partial charge on any atom is -0.338 e. The minimum absolute atomic E-state index is 0.0460. The Labute approximate surface area is 151 Å². The molecule has 1 aromatic heterocycles. The molecule has 126 valence electrons. The van der Waals surface area contributed by atoms with Crippen LogP contribution in [0.5, 0.6) is 0 Å². The Morgan fingerprint density at radius 2 is 1.92 bits per heavy atom. The van der Waals surface area contributed by atoms with E-state index in [0.717, 1.165) is 36.5 Å². The van der Waals surface area contributed by atoms with Crippen LogP contribution in [0.4, 0.5) is 0 Å². The van der Waals surface area contributed by atoms with Gasteiger partial charge >= 0.3 is 0 Å². The largest absolute Gasteiger partial charge is 0.338 e. The van der Waals surface area contributed by atoms with Gasteiger partial charge in [-0.1, -0.05) is 29.8 Å². The molecular weight excluding hydrogens is 334 g/mol. The van der Waals surface area contributed by atoms with E-state index in [4.69, 9.17) is 11.6 Å². The topological polar surface area (TPSA) is 46.1 Å². The Bertz CT molecular complexity index is 905. The van der Waals surface area contributed by atoms with E-state index in [-0.39, 0.29) is 5.91 Å². The van der Waals surface area contributed by atoms with E-state index >= 15 is 0 Å². The van der Waals surface area contributed by atoms with Gasteiger partial charge in [-0.2, -0.15) is 0 Å². The third-order valence-electron chi connectivity index (χ3n) is 4.74. The number of hydrogen-bond donors (Lipinski definition) is 0. The Balaban J connectivity index is 1.49. The van der Waals surface area contributed by atoms with Crippen LogP contribution in [0.1, 0.15) is 22.3 Å². The van der Waals surface area contributed by atoms with Crippen LogP contribution in [0.15, 0.2) is 54.9 Å². The summed E-state index contributed by atoms with van der Waals surface area (Å²) in [6.07, 6.45) is 5.27. The van der Waals surface area contributed by atoms with Gasteiger partial charge < -0.3 is 4.90 Å². The van der Waals surface area contributed by atoms with Crippen LogP contribution >= 0.6 is 11.6 Å². The molecule has 0 bridgehead atoms. The highest BCUT2D eigenvalue weighted by Crippen LogP contribution is 2.25. The van der Waals surface area contributed by atoms with Gasteiger partial charge in [0, 0.05) is 30.5 Å². The van der Waals surface area contributed by atoms with E-state index in [1.165, 1.54) is 5.56 Å². The Kier molecular flexibility index (Phi) is 4.36. The second-order valence-corrected chi connectivity index (χ2v) is 6.90. The molecule has 4 nitrogen and oxygen atoms in total. The summed E-state index contributed by atoms with van der Waals surface area (Å²) in [6, 6.07) is 13.6. The number of rotatable bonds is 3. The summed E-state index contributed by atoms with van der Waals surface area (Å²) in [7, 11) is 0. The van der Waals surface area contributed by atoms with Gasteiger partial charge in [0.25, 0.3) is 5.91 Å². The predicted octanol–water partition coefficient (Wildman–Crippen LogP) is 3.99. The maximum atomic E-state index is 12.9. The van der Waals surface area contributed by atoms with E-state index < -0.39 is 0 Å². The first-order valence-electron chi connectivity index (χ1n) is 8.44. The first-order chi connectivity index (χ1) is 12.2. The molecule has 5 heteroatoms. The second-order valence-electron chi connectivity index (χ2n) is 6.47. The number of aromatic nitrogens is 2. The first kappa shape index (κ1) is 16.0. The summed E-state index contributed by atoms with van der Waals surface area (Å²) in [5, 5.41) is 0.754. The summed E-state index contributed by atoms with van der Waals surface area (Å²) >= 11 is 5.94. The summed E-state index contributed by atoms with van der Waals surface area (Å²) in [6.45, 7) is 1.56. The maximum absolute atomic E-state index is 12.9. The molecule has 0 saturated carbocycles. The molecule has 3 aromatic rings. The van der Waals surface area contributed by atoms with Crippen molar-refractivity contribution in [3.05, 3.63) is 71.0 Å². The fraction of sp³-hybridized carbons (Fsp3) is 0.250. The molecule has 1 aliphatic rings. The van der Waals surface area contributed by atoms with Crippen LogP contribution < -0.4 is 0 Å². The molecule has 1 amide bonds. The van der Waals surface area contributed by atoms with Gasteiger partial charge in [0.2, 0.25) is 0 Å².